The van der Waals surface area contributed by atoms with Crippen molar-refractivity contribution in [3.63, 3.8) is 0 Å². The van der Waals surface area contributed by atoms with Crippen LogP contribution in [0.5, 0.6) is 0 Å². The van der Waals surface area contributed by atoms with Crippen molar-refractivity contribution in [2.45, 2.75) is 26.2 Å². The summed E-state index contributed by atoms with van der Waals surface area (Å²) in [5.74, 6) is -0.794. The van der Waals surface area contributed by atoms with Crippen molar-refractivity contribution >= 4 is 44.4 Å². The number of aryl methyl sites for hydroxylation is 1. The number of nitrogens with one attached hydrogen (secondary N) is 1. The van der Waals surface area contributed by atoms with Crippen molar-refractivity contribution in [1.82, 2.24) is 20.1 Å². The van der Waals surface area contributed by atoms with Crippen molar-refractivity contribution < 1.29 is 14.4 Å². The molecule has 0 unspecified atom stereocenters. The molecule has 1 N–H and O–H groups in total. The van der Waals surface area contributed by atoms with Gasteiger partial charge in [-0.3, -0.25) is 24.2 Å². The van der Waals surface area contributed by atoms with E-state index in [9.17, 15) is 14.4 Å². The predicted molar refractivity (Wildman–Crippen MR) is 117 cm³/mol. The average Bonchev–Trinajstić information content (AvgIpc) is 3.32. The zero-order chi connectivity index (χ0) is 21.1. The summed E-state index contributed by atoms with van der Waals surface area (Å²) < 4.78 is 1.24. The van der Waals surface area contributed by atoms with Crippen molar-refractivity contribution in [2.24, 2.45) is 0 Å². The number of nitrogens with zero attached hydrogens (tertiary/aromatic N) is 4. The average molecular weight is 430 g/mol. The van der Waals surface area contributed by atoms with Crippen LogP contribution < -0.4 is 10.2 Å². The molecule has 30 heavy (non-hydrogen) atoms. The number of hydrogen-bond donors (Lipinski definition) is 1. The number of imide groups is 1. The summed E-state index contributed by atoms with van der Waals surface area (Å²) in [5, 5.41) is 3.89. The van der Waals surface area contributed by atoms with Crippen LogP contribution in [0.15, 0.2) is 18.2 Å². The topological polar surface area (TPSA) is 85.8 Å². The third-order valence-electron chi connectivity index (χ3n) is 5.70. The smallest absolute Gasteiger partial charge is 0.240 e. The lowest BCUT2D eigenvalue weighted by atomic mass is 10.2. The van der Waals surface area contributed by atoms with Crippen molar-refractivity contribution in [2.75, 3.05) is 50.7 Å². The van der Waals surface area contributed by atoms with Crippen LogP contribution in [0.2, 0.25) is 0 Å². The van der Waals surface area contributed by atoms with Gasteiger partial charge in [0.15, 0.2) is 5.13 Å². The summed E-state index contributed by atoms with van der Waals surface area (Å²) in [7, 11) is 0. The first kappa shape index (κ1) is 20.7. The van der Waals surface area contributed by atoms with Gasteiger partial charge in [0.05, 0.1) is 10.2 Å². The summed E-state index contributed by atoms with van der Waals surface area (Å²) in [4.78, 5) is 45.7. The minimum absolute atomic E-state index is 0.164. The molecule has 0 atom stereocenters. The van der Waals surface area contributed by atoms with Gasteiger partial charge in [-0.1, -0.05) is 24.3 Å². The van der Waals surface area contributed by atoms with Crippen molar-refractivity contribution in [3.05, 3.63) is 23.8 Å². The number of likely N-dealkylation sites (tertiary alicyclic amines) is 1. The number of hydrogen-bond acceptors (Lipinski definition) is 7. The minimum atomic E-state index is -0.279. The van der Waals surface area contributed by atoms with E-state index in [1.807, 2.05) is 0 Å². The first-order valence-electron chi connectivity index (χ1n) is 10.5. The Morgan fingerprint density at radius 3 is 2.57 bits per heavy atom. The molecule has 0 radical (unpaired) electrons. The van der Waals surface area contributed by atoms with Gasteiger partial charge in [0.25, 0.3) is 0 Å². The molecule has 3 heterocycles. The molecular formula is C21H27N5O3S. The second kappa shape index (κ2) is 9.09. The molecule has 0 aliphatic carbocycles. The summed E-state index contributed by atoms with van der Waals surface area (Å²) in [5.41, 5.74) is 2.40. The number of aromatic nitrogens is 1. The first-order chi connectivity index (χ1) is 14.5. The van der Waals surface area contributed by atoms with Crippen LogP contribution in [0.4, 0.5) is 5.13 Å². The van der Waals surface area contributed by atoms with E-state index in [-0.39, 0.29) is 37.1 Å². The Balaban J connectivity index is 1.21. The number of carbonyl (C=O) groups excluding carboxylic acids is 3. The third-order valence-corrected chi connectivity index (χ3v) is 6.78. The Morgan fingerprint density at radius 2 is 1.87 bits per heavy atom. The largest absolute Gasteiger partial charge is 0.353 e. The summed E-state index contributed by atoms with van der Waals surface area (Å²) >= 11 is 1.75. The van der Waals surface area contributed by atoms with Crippen LogP contribution >= 0.6 is 11.3 Å². The summed E-state index contributed by atoms with van der Waals surface area (Å²) in [6.45, 7) is 6.90. The maximum atomic E-state index is 12.0. The number of carbonyl (C=O) groups is 3. The number of piperazine rings is 1. The fourth-order valence-corrected chi connectivity index (χ4v) is 4.91. The van der Waals surface area contributed by atoms with E-state index in [0.29, 0.717) is 6.54 Å². The van der Waals surface area contributed by atoms with E-state index in [1.54, 1.807) is 11.3 Å². The second-order valence-corrected chi connectivity index (χ2v) is 8.71. The van der Waals surface area contributed by atoms with Gasteiger partial charge >= 0.3 is 0 Å². The second-order valence-electron chi connectivity index (χ2n) is 7.70. The van der Waals surface area contributed by atoms with Crippen LogP contribution in [-0.4, -0.2) is 78.3 Å². The fourth-order valence-electron chi connectivity index (χ4n) is 3.83. The van der Waals surface area contributed by atoms with E-state index in [0.717, 1.165) is 54.7 Å². The van der Waals surface area contributed by atoms with E-state index < -0.39 is 0 Å². The van der Waals surface area contributed by atoms with Crippen LogP contribution in [0, 0.1) is 0 Å². The van der Waals surface area contributed by atoms with Gasteiger partial charge in [-0.05, 0) is 24.1 Å². The highest BCUT2D eigenvalue weighted by Gasteiger charge is 2.30. The van der Waals surface area contributed by atoms with Gasteiger partial charge in [-0.25, -0.2) is 4.98 Å². The predicted octanol–water partition coefficient (Wildman–Crippen LogP) is 1.25. The van der Waals surface area contributed by atoms with E-state index >= 15 is 0 Å². The van der Waals surface area contributed by atoms with Crippen molar-refractivity contribution in [1.29, 1.82) is 0 Å². The Morgan fingerprint density at radius 1 is 1.13 bits per heavy atom. The molecule has 1 aromatic carbocycles. The molecule has 8 nitrogen and oxygen atoms in total. The molecule has 3 amide bonds. The molecule has 0 bridgehead atoms. The molecule has 2 aliphatic heterocycles. The highest BCUT2D eigenvalue weighted by molar-refractivity contribution is 7.22. The molecule has 9 heteroatoms. The van der Waals surface area contributed by atoms with Crippen LogP contribution in [0.3, 0.4) is 0 Å². The normalized spacial score (nSPS) is 17.9. The van der Waals surface area contributed by atoms with Gasteiger partial charge in [-0.15, -0.1) is 0 Å². The first-order valence-corrected chi connectivity index (χ1v) is 11.3. The van der Waals surface area contributed by atoms with E-state index in [1.165, 1.54) is 10.3 Å². The Kier molecular flexibility index (Phi) is 6.29. The maximum Gasteiger partial charge on any atom is 0.240 e. The Hall–Kier alpha value is -2.52. The molecule has 160 valence electrons. The van der Waals surface area contributed by atoms with Crippen LogP contribution in [0.1, 0.15) is 25.3 Å². The number of amides is 3. The zero-order valence-electron chi connectivity index (χ0n) is 17.2. The Labute approximate surface area is 179 Å². The van der Waals surface area contributed by atoms with Gasteiger partial charge in [-0.2, -0.15) is 0 Å². The van der Waals surface area contributed by atoms with Crippen molar-refractivity contribution in [3.8, 4) is 0 Å². The van der Waals surface area contributed by atoms with Gasteiger partial charge in [0, 0.05) is 52.1 Å². The highest BCUT2D eigenvalue weighted by atomic mass is 32.1. The number of anilines is 1. The molecule has 0 saturated carbocycles. The van der Waals surface area contributed by atoms with E-state index in [2.05, 4.69) is 40.2 Å². The number of benzene rings is 1. The number of fused-ring (bicyclic) bond motifs is 1. The number of thiazole rings is 1. The highest BCUT2D eigenvalue weighted by Crippen LogP contribution is 2.30. The molecule has 2 saturated heterocycles. The quantitative estimate of drug-likeness (QED) is 0.667. The van der Waals surface area contributed by atoms with Gasteiger partial charge < -0.3 is 10.2 Å². The Bertz CT molecular complexity index is 935. The molecule has 2 aromatic rings. The van der Waals surface area contributed by atoms with Crippen LogP contribution in [0.25, 0.3) is 10.2 Å². The standard InChI is InChI=1S/C21H27N5O3S/c1-2-15-3-4-16-17(13-15)30-21(23-16)25-11-9-24(10-12-25)8-7-22-18(27)14-26-19(28)5-6-20(26)29/h3-4,13H,2,5-12,14H2,1H3,(H,22,27). The summed E-state index contributed by atoms with van der Waals surface area (Å²) in [6, 6.07) is 6.49. The lowest BCUT2D eigenvalue weighted by molar-refractivity contribution is -0.142. The zero-order valence-corrected chi connectivity index (χ0v) is 18.0. The molecule has 2 fully saturated rings. The van der Waals surface area contributed by atoms with Gasteiger partial charge in [0.2, 0.25) is 17.7 Å². The minimum Gasteiger partial charge on any atom is -0.353 e. The molecule has 2 aliphatic rings. The summed E-state index contributed by atoms with van der Waals surface area (Å²) in [6.07, 6.45) is 1.46. The molecule has 4 rings (SSSR count). The van der Waals surface area contributed by atoms with Gasteiger partial charge in [0.1, 0.15) is 6.54 Å². The van der Waals surface area contributed by atoms with E-state index in [4.69, 9.17) is 4.98 Å². The molecule has 0 spiro atoms. The molecule has 1 aromatic heterocycles. The van der Waals surface area contributed by atoms with Crippen LogP contribution in [-0.2, 0) is 20.8 Å². The maximum absolute atomic E-state index is 12.0. The fraction of sp³-hybridized carbons (Fsp3) is 0.524. The molecular weight excluding hydrogens is 402 g/mol. The SMILES string of the molecule is CCc1ccc2nc(N3CCN(CCNC(=O)CN4C(=O)CCC4=O)CC3)sc2c1. The lowest BCUT2D eigenvalue weighted by Crippen LogP contribution is -2.49. The lowest BCUT2D eigenvalue weighted by Gasteiger charge is -2.34. The third kappa shape index (κ3) is 4.62. The monoisotopic (exact) mass is 429 g/mol. The number of rotatable bonds is 7.